The van der Waals surface area contributed by atoms with Gasteiger partial charge in [-0.05, 0) is 0 Å². The number of rotatable bonds is 3. The second-order valence-electron chi connectivity index (χ2n) is 5.78. The second kappa shape index (κ2) is 5.04. The summed E-state index contributed by atoms with van der Waals surface area (Å²) in [6, 6.07) is 0. The number of halogens is 4. The van der Waals surface area contributed by atoms with Crippen LogP contribution in [0.15, 0.2) is 11.1 Å². The molecule has 0 radical (unpaired) electrons. The standard InChI is InChI=1S/C13H13F4NO4S/c1-23(20,21)7-4-18-12(22-6-2-5(14)3-6)9-8(7)11(19)13(16,17)10(9)15/h4-6,10-11,19H,2-3H2,1H3/t5?,6?,10-,11+/m1/s1. The second-order valence-corrected chi connectivity index (χ2v) is 7.76. The first-order valence-corrected chi connectivity index (χ1v) is 8.66. The van der Waals surface area contributed by atoms with Crippen LogP contribution in [0.3, 0.4) is 0 Å². The number of hydrogen-bond donors (Lipinski definition) is 1. The van der Waals surface area contributed by atoms with Gasteiger partial charge in [0, 0.05) is 30.9 Å². The van der Waals surface area contributed by atoms with Crippen LogP contribution < -0.4 is 4.74 Å². The monoisotopic (exact) mass is 355 g/mol. The Hall–Kier alpha value is -1.42. The summed E-state index contributed by atoms with van der Waals surface area (Å²) in [6.45, 7) is 0. The van der Waals surface area contributed by atoms with E-state index in [0.717, 1.165) is 12.5 Å². The van der Waals surface area contributed by atoms with Crippen molar-refractivity contribution in [3.63, 3.8) is 0 Å². The first kappa shape index (κ1) is 16.4. The summed E-state index contributed by atoms with van der Waals surface area (Å²) in [6.07, 6.45) is -5.81. The number of aromatic nitrogens is 1. The lowest BCUT2D eigenvalue weighted by Gasteiger charge is -2.30. The van der Waals surface area contributed by atoms with E-state index in [4.69, 9.17) is 4.74 Å². The summed E-state index contributed by atoms with van der Waals surface area (Å²) in [7, 11) is -4.02. The van der Waals surface area contributed by atoms with E-state index in [0.29, 0.717) is 0 Å². The molecule has 1 aromatic rings. The van der Waals surface area contributed by atoms with Crippen LogP contribution in [-0.2, 0) is 9.84 Å². The molecule has 5 nitrogen and oxygen atoms in total. The molecule has 1 aromatic heterocycles. The predicted molar refractivity (Wildman–Crippen MR) is 69.6 cm³/mol. The highest BCUT2D eigenvalue weighted by Crippen LogP contribution is 2.56. The number of nitrogens with zero attached hydrogens (tertiary/aromatic N) is 1. The molecule has 0 aliphatic heterocycles. The molecule has 0 bridgehead atoms. The molecular weight excluding hydrogens is 342 g/mol. The number of pyridine rings is 1. The van der Waals surface area contributed by atoms with Crippen molar-refractivity contribution in [1.29, 1.82) is 0 Å². The van der Waals surface area contributed by atoms with Crippen LogP contribution in [0, 0.1) is 0 Å². The fourth-order valence-corrected chi connectivity index (χ4v) is 3.56. The molecule has 2 atom stereocenters. The number of aliphatic hydroxyl groups is 1. The number of hydrogen-bond acceptors (Lipinski definition) is 5. The molecular formula is C13H13F4NO4S. The number of fused-ring (bicyclic) bond motifs is 1. The van der Waals surface area contributed by atoms with Gasteiger partial charge in [-0.25, -0.2) is 22.2 Å². The van der Waals surface area contributed by atoms with Crippen molar-refractivity contribution >= 4 is 9.84 Å². The van der Waals surface area contributed by atoms with Crippen LogP contribution in [-0.4, -0.2) is 43.0 Å². The van der Waals surface area contributed by atoms with Crippen molar-refractivity contribution < 1.29 is 35.8 Å². The zero-order valence-corrected chi connectivity index (χ0v) is 12.7. The maximum atomic E-state index is 14.1. The molecule has 1 fully saturated rings. The van der Waals surface area contributed by atoms with Crippen LogP contribution in [0.1, 0.15) is 36.2 Å². The number of sulfone groups is 1. The Morgan fingerprint density at radius 3 is 2.43 bits per heavy atom. The lowest BCUT2D eigenvalue weighted by molar-refractivity contribution is -0.144. The average Bonchev–Trinajstić information content (AvgIpc) is 2.58. The third-order valence-electron chi connectivity index (χ3n) is 4.03. The van der Waals surface area contributed by atoms with Crippen molar-refractivity contribution in [3.8, 4) is 5.88 Å². The zero-order chi connectivity index (χ0) is 17.2. The summed E-state index contributed by atoms with van der Waals surface area (Å²) >= 11 is 0. The topological polar surface area (TPSA) is 76.5 Å². The normalized spacial score (nSPS) is 32.3. The van der Waals surface area contributed by atoms with Crippen LogP contribution in [0.5, 0.6) is 5.88 Å². The van der Waals surface area contributed by atoms with Gasteiger partial charge in [-0.1, -0.05) is 0 Å². The largest absolute Gasteiger partial charge is 0.474 e. The number of alkyl halides is 4. The smallest absolute Gasteiger partial charge is 0.312 e. The highest BCUT2D eigenvalue weighted by molar-refractivity contribution is 7.90. The van der Waals surface area contributed by atoms with Crippen molar-refractivity contribution in [2.24, 2.45) is 0 Å². The molecule has 2 aliphatic rings. The van der Waals surface area contributed by atoms with Gasteiger partial charge in [0.15, 0.2) is 16.0 Å². The molecule has 2 aliphatic carbocycles. The maximum absolute atomic E-state index is 14.1. The van der Waals surface area contributed by atoms with E-state index in [1.165, 1.54) is 0 Å². The molecule has 1 heterocycles. The number of aliphatic hydroxyl groups excluding tert-OH is 1. The Balaban J connectivity index is 2.12. The van der Waals surface area contributed by atoms with E-state index in [2.05, 4.69) is 4.98 Å². The third-order valence-corrected chi connectivity index (χ3v) is 5.15. The van der Waals surface area contributed by atoms with Gasteiger partial charge in [0.05, 0.1) is 10.5 Å². The van der Waals surface area contributed by atoms with Gasteiger partial charge >= 0.3 is 5.92 Å². The van der Waals surface area contributed by atoms with Crippen molar-refractivity contribution in [1.82, 2.24) is 4.98 Å². The molecule has 1 saturated carbocycles. The molecule has 1 N–H and O–H groups in total. The van der Waals surface area contributed by atoms with Gasteiger partial charge in [0.25, 0.3) is 0 Å². The molecule has 10 heteroatoms. The van der Waals surface area contributed by atoms with Crippen LogP contribution in [0.25, 0.3) is 0 Å². The molecule has 128 valence electrons. The molecule has 3 rings (SSSR count). The van der Waals surface area contributed by atoms with E-state index in [9.17, 15) is 31.1 Å². The SMILES string of the molecule is CS(=O)(=O)c1cnc(OC2CC(F)C2)c2c1[C@H](O)C(F)(F)[C@@H]2F. The van der Waals surface area contributed by atoms with Crippen molar-refractivity contribution in [3.05, 3.63) is 17.3 Å². The maximum Gasteiger partial charge on any atom is 0.312 e. The van der Waals surface area contributed by atoms with Crippen LogP contribution in [0.2, 0.25) is 0 Å². The highest BCUT2D eigenvalue weighted by Gasteiger charge is 2.59. The summed E-state index contributed by atoms with van der Waals surface area (Å²) in [5, 5.41) is 9.70. The first-order chi connectivity index (χ1) is 10.5. The summed E-state index contributed by atoms with van der Waals surface area (Å²) in [5.41, 5.74) is -1.53. The molecule has 0 amide bonds. The van der Waals surface area contributed by atoms with Gasteiger partial charge < -0.3 is 9.84 Å². The average molecular weight is 355 g/mol. The minimum Gasteiger partial charge on any atom is -0.474 e. The highest BCUT2D eigenvalue weighted by atomic mass is 32.2. The quantitative estimate of drug-likeness (QED) is 0.840. The zero-order valence-electron chi connectivity index (χ0n) is 11.8. The van der Waals surface area contributed by atoms with Gasteiger partial charge in [0.2, 0.25) is 5.88 Å². The van der Waals surface area contributed by atoms with E-state index in [-0.39, 0.29) is 12.8 Å². The van der Waals surface area contributed by atoms with Crippen molar-refractivity contribution in [2.75, 3.05) is 6.26 Å². The van der Waals surface area contributed by atoms with Crippen LogP contribution in [0.4, 0.5) is 17.6 Å². The Kier molecular flexibility index (Phi) is 3.60. The number of ether oxygens (including phenoxy) is 1. The van der Waals surface area contributed by atoms with Crippen LogP contribution >= 0.6 is 0 Å². The Labute approximate surface area is 129 Å². The third kappa shape index (κ3) is 2.47. The molecule has 0 unspecified atom stereocenters. The predicted octanol–water partition coefficient (Wildman–Crippen LogP) is 2.06. The van der Waals surface area contributed by atoms with Crippen molar-refractivity contribution in [2.45, 2.75) is 48.2 Å². The van der Waals surface area contributed by atoms with Gasteiger partial charge in [0.1, 0.15) is 18.4 Å². The van der Waals surface area contributed by atoms with E-state index < -0.39 is 62.2 Å². The molecule has 0 spiro atoms. The van der Waals surface area contributed by atoms with E-state index in [1.807, 2.05) is 0 Å². The molecule has 0 aromatic carbocycles. The fraction of sp³-hybridized carbons (Fsp3) is 0.615. The van der Waals surface area contributed by atoms with Gasteiger partial charge in [-0.15, -0.1) is 0 Å². The molecule has 0 saturated heterocycles. The summed E-state index contributed by atoms with van der Waals surface area (Å²) < 4.78 is 83.1. The summed E-state index contributed by atoms with van der Waals surface area (Å²) in [4.78, 5) is 2.93. The minimum absolute atomic E-state index is 0.0141. The van der Waals surface area contributed by atoms with E-state index in [1.54, 1.807) is 0 Å². The van der Waals surface area contributed by atoms with Gasteiger partial charge in [-0.3, -0.25) is 0 Å². The summed E-state index contributed by atoms with van der Waals surface area (Å²) in [5.74, 6) is -4.74. The minimum atomic E-state index is -4.20. The van der Waals surface area contributed by atoms with E-state index >= 15 is 0 Å². The Bertz CT molecular complexity index is 749. The molecule has 23 heavy (non-hydrogen) atoms. The first-order valence-electron chi connectivity index (χ1n) is 6.77. The Morgan fingerprint density at radius 1 is 1.30 bits per heavy atom. The fourth-order valence-electron chi connectivity index (χ4n) is 2.70. The Morgan fingerprint density at radius 2 is 1.91 bits per heavy atom. The lowest BCUT2D eigenvalue weighted by Crippen LogP contribution is -2.35. The van der Waals surface area contributed by atoms with Gasteiger partial charge in [-0.2, -0.15) is 8.78 Å². The lowest BCUT2D eigenvalue weighted by atomic mass is 9.93.